The van der Waals surface area contributed by atoms with E-state index in [1.807, 2.05) is 12.1 Å². The molecule has 0 spiro atoms. The van der Waals surface area contributed by atoms with Crippen molar-refractivity contribution in [3.05, 3.63) is 64.7 Å². The minimum absolute atomic E-state index is 0.00927. The van der Waals surface area contributed by atoms with Gasteiger partial charge >= 0.3 is 0 Å². The first kappa shape index (κ1) is 18.8. The van der Waals surface area contributed by atoms with Crippen LogP contribution in [0.5, 0.6) is 5.75 Å². The smallest absolute Gasteiger partial charge is 0.168 e. The van der Waals surface area contributed by atoms with Crippen molar-refractivity contribution >= 4 is 11.5 Å². The number of aliphatic imine (C=N–C) groups is 1. The van der Waals surface area contributed by atoms with Crippen LogP contribution in [0.25, 0.3) is 0 Å². The molecule has 0 atom stereocenters. The number of Topliss-reactive ketones (excluding diaryl/α,β-unsaturated/α-hetero) is 1. The molecule has 4 nitrogen and oxygen atoms in total. The summed E-state index contributed by atoms with van der Waals surface area (Å²) in [6.07, 6.45) is 2.99. The van der Waals surface area contributed by atoms with Gasteiger partial charge in [-0.2, -0.15) is 5.26 Å². The molecule has 0 fully saturated rings. The number of fused-ring (bicyclic) bond motifs is 1. The Kier molecular flexibility index (Phi) is 5.41. The van der Waals surface area contributed by atoms with Gasteiger partial charge in [0.1, 0.15) is 5.75 Å². The second-order valence-electron chi connectivity index (χ2n) is 6.98. The monoisotopic (exact) mass is 360 g/mol. The van der Waals surface area contributed by atoms with E-state index in [-0.39, 0.29) is 17.7 Å². The summed E-state index contributed by atoms with van der Waals surface area (Å²) in [5.41, 5.74) is 4.05. The van der Waals surface area contributed by atoms with Crippen LogP contribution >= 0.6 is 0 Å². The molecule has 0 bridgehead atoms. The third-order valence-electron chi connectivity index (χ3n) is 5.50. The highest BCUT2D eigenvalue weighted by Crippen LogP contribution is 2.35. The molecule has 0 aliphatic carbocycles. The third kappa shape index (κ3) is 3.78. The summed E-state index contributed by atoms with van der Waals surface area (Å²) >= 11 is 0. The Bertz CT molecular complexity index is 916. The van der Waals surface area contributed by atoms with E-state index >= 15 is 0 Å². The van der Waals surface area contributed by atoms with Gasteiger partial charge in [-0.05, 0) is 49.1 Å². The van der Waals surface area contributed by atoms with E-state index in [9.17, 15) is 4.79 Å². The molecule has 2 aromatic rings. The van der Waals surface area contributed by atoms with Crippen LogP contribution in [-0.4, -0.2) is 24.1 Å². The maximum Gasteiger partial charge on any atom is 0.168 e. The highest BCUT2D eigenvalue weighted by atomic mass is 16.5. The van der Waals surface area contributed by atoms with Crippen LogP contribution in [0.2, 0.25) is 0 Å². The van der Waals surface area contributed by atoms with Gasteiger partial charge in [-0.3, -0.25) is 9.79 Å². The number of rotatable bonds is 6. The van der Waals surface area contributed by atoms with Crippen LogP contribution in [0.3, 0.4) is 0 Å². The van der Waals surface area contributed by atoms with Gasteiger partial charge in [0.15, 0.2) is 5.78 Å². The standard InChI is InChI=1S/C23H24N2O2/c1-4-23(5-2)14-18-10-11-19(27-3)12-20(18)21(25-23)13-22(26)17-8-6-16(15-24)7-9-17/h6-12H,4-5,13-14H2,1-3H3. The van der Waals surface area contributed by atoms with Crippen molar-refractivity contribution < 1.29 is 9.53 Å². The fourth-order valence-corrected chi connectivity index (χ4v) is 3.62. The van der Waals surface area contributed by atoms with Crippen LogP contribution in [0.4, 0.5) is 0 Å². The normalized spacial score (nSPS) is 14.7. The first-order chi connectivity index (χ1) is 13.0. The zero-order valence-electron chi connectivity index (χ0n) is 16.1. The van der Waals surface area contributed by atoms with Crippen molar-refractivity contribution in [1.29, 1.82) is 5.26 Å². The highest BCUT2D eigenvalue weighted by molar-refractivity contribution is 6.17. The van der Waals surface area contributed by atoms with E-state index in [1.54, 1.807) is 31.4 Å². The van der Waals surface area contributed by atoms with Crippen LogP contribution in [0, 0.1) is 11.3 Å². The number of hydrogen-bond donors (Lipinski definition) is 0. The van der Waals surface area contributed by atoms with E-state index in [2.05, 4.69) is 26.0 Å². The van der Waals surface area contributed by atoms with Gasteiger partial charge in [0.2, 0.25) is 0 Å². The average Bonchev–Trinajstić information content (AvgIpc) is 2.73. The fraction of sp³-hybridized carbons (Fsp3) is 0.348. The molecule has 3 rings (SSSR count). The van der Waals surface area contributed by atoms with E-state index in [0.717, 1.165) is 36.3 Å². The lowest BCUT2D eigenvalue weighted by atomic mass is 9.80. The van der Waals surface area contributed by atoms with Gasteiger partial charge in [0, 0.05) is 11.1 Å². The number of ketones is 1. The predicted molar refractivity (Wildman–Crippen MR) is 107 cm³/mol. The summed E-state index contributed by atoms with van der Waals surface area (Å²) in [4.78, 5) is 17.9. The summed E-state index contributed by atoms with van der Waals surface area (Å²) in [6.45, 7) is 4.31. The Balaban J connectivity index is 1.98. The van der Waals surface area contributed by atoms with Crippen molar-refractivity contribution in [2.75, 3.05) is 7.11 Å². The molecular weight excluding hydrogens is 336 g/mol. The molecule has 0 unspecified atom stereocenters. The molecule has 2 aromatic carbocycles. The Morgan fingerprint density at radius 3 is 2.48 bits per heavy atom. The molecule has 0 N–H and O–H groups in total. The van der Waals surface area contributed by atoms with Crippen molar-refractivity contribution in [2.45, 2.75) is 45.1 Å². The third-order valence-corrected chi connectivity index (χ3v) is 5.50. The molecule has 1 aliphatic rings. The topological polar surface area (TPSA) is 62.5 Å². The van der Waals surface area contributed by atoms with Gasteiger partial charge in [-0.25, -0.2) is 0 Å². The minimum atomic E-state index is -0.151. The Hall–Kier alpha value is -2.93. The van der Waals surface area contributed by atoms with E-state index in [4.69, 9.17) is 15.0 Å². The molecule has 0 aromatic heterocycles. The van der Waals surface area contributed by atoms with Crippen molar-refractivity contribution in [2.24, 2.45) is 4.99 Å². The Morgan fingerprint density at radius 1 is 1.19 bits per heavy atom. The van der Waals surface area contributed by atoms with Crippen molar-refractivity contribution in [3.63, 3.8) is 0 Å². The molecule has 1 heterocycles. The number of benzene rings is 2. The number of nitriles is 1. The zero-order chi connectivity index (χ0) is 19.4. The molecule has 4 heteroatoms. The van der Waals surface area contributed by atoms with Gasteiger partial charge in [-0.15, -0.1) is 0 Å². The number of carbonyl (C=O) groups is 1. The van der Waals surface area contributed by atoms with Gasteiger partial charge < -0.3 is 4.74 Å². The lowest BCUT2D eigenvalue weighted by molar-refractivity contribution is 0.100. The first-order valence-electron chi connectivity index (χ1n) is 9.33. The lowest BCUT2D eigenvalue weighted by Gasteiger charge is -2.34. The second-order valence-corrected chi connectivity index (χ2v) is 6.98. The van der Waals surface area contributed by atoms with Crippen LogP contribution in [-0.2, 0) is 6.42 Å². The predicted octanol–water partition coefficient (Wildman–Crippen LogP) is 4.74. The van der Waals surface area contributed by atoms with Gasteiger partial charge in [0.25, 0.3) is 0 Å². The molecule has 138 valence electrons. The zero-order valence-corrected chi connectivity index (χ0v) is 16.1. The van der Waals surface area contributed by atoms with Gasteiger partial charge in [-0.1, -0.05) is 32.0 Å². The number of nitrogens with zero attached hydrogens (tertiary/aromatic N) is 2. The molecule has 0 amide bonds. The summed E-state index contributed by atoms with van der Waals surface area (Å²) in [7, 11) is 1.64. The van der Waals surface area contributed by atoms with Crippen molar-refractivity contribution in [1.82, 2.24) is 0 Å². The van der Waals surface area contributed by atoms with Crippen LogP contribution < -0.4 is 4.74 Å². The first-order valence-corrected chi connectivity index (χ1v) is 9.33. The minimum Gasteiger partial charge on any atom is -0.497 e. The maximum absolute atomic E-state index is 12.9. The summed E-state index contributed by atoms with van der Waals surface area (Å²) < 4.78 is 5.38. The number of ether oxygens (including phenoxy) is 1. The molecule has 1 aliphatic heterocycles. The van der Waals surface area contributed by atoms with E-state index in [0.29, 0.717) is 11.1 Å². The lowest BCUT2D eigenvalue weighted by Crippen LogP contribution is -2.34. The molecule has 0 radical (unpaired) electrons. The average molecular weight is 360 g/mol. The fourth-order valence-electron chi connectivity index (χ4n) is 3.62. The largest absolute Gasteiger partial charge is 0.497 e. The molecular formula is C23H24N2O2. The summed E-state index contributed by atoms with van der Waals surface area (Å²) in [5, 5.41) is 8.93. The van der Waals surface area contributed by atoms with Crippen LogP contribution in [0.15, 0.2) is 47.5 Å². The SMILES string of the molecule is CCC1(CC)Cc2ccc(OC)cc2C(CC(=O)c2ccc(C#N)cc2)=N1. The molecule has 27 heavy (non-hydrogen) atoms. The molecule has 0 saturated carbocycles. The summed E-state index contributed by atoms with van der Waals surface area (Å²) in [5.74, 6) is 0.780. The number of methoxy groups -OCH3 is 1. The highest BCUT2D eigenvalue weighted by Gasteiger charge is 2.33. The van der Waals surface area contributed by atoms with Crippen molar-refractivity contribution in [3.8, 4) is 11.8 Å². The number of hydrogen-bond acceptors (Lipinski definition) is 4. The maximum atomic E-state index is 12.9. The second kappa shape index (κ2) is 7.75. The van der Waals surface area contributed by atoms with E-state index in [1.165, 1.54) is 5.56 Å². The summed E-state index contributed by atoms with van der Waals surface area (Å²) in [6, 6.07) is 14.9. The Labute approximate surface area is 160 Å². The quantitative estimate of drug-likeness (QED) is 0.699. The Morgan fingerprint density at radius 2 is 1.89 bits per heavy atom. The van der Waals surface area contributed by atoms with Crippen LogP contribution in [0.1, 0.15) is 60.2 Å². The van der Waals surface area contributed by atoms with Gasteiger partial charge in [0.05, 0.1) is 36.4 Å². The number of carbonyl (C=O) groups excluding carboxylic acids is 1. The van der Waals surface area contributed by atoms with E-state index < -0.39 is 0 Å². The molecule has 0 saturated heterocycles.